The van der Waals surface area contributed by atoms with Crippen LogP contribution in [-0.2, 0) is 16.1 Å². The summed E-state index contributed by atoms with van der Waals surface area (Å²) in [5, 5.41) is 3.92. The highest BCUT2D eigenvalue weighted by Gasteiger charge is 2.25. The lowest BCUT2D eigenvalue weighted by atomic mass is 10.1. The molecule has 0 saturated carbocycles. The highest BCUT2D eigenvalue weighted by molar-refractivity contribution is 6.24. The minimum absolute atomic E-state index is 0.231. The lowest BCUT2D eigenvalue weighted by Crippen LogP contribution is -2.22. The number of carbonyl (C=O) groups is 1. The van der Waals surface area contributed by atoms with Crippen LogP contribution in [0, 0.1) is 13.8 Å². The summed E-state index contributed by atoms with van der Waals surface area (Å²) in [7, 11) is 0. The van der Waals surface area contributed by atoms with Gasteiger partial charge in [-0.3, -0.25) is 9.69 Å². The van der Waals surface area contributed by atoms with Crippen molar-refractivity contribution < 1.29 is 9.53 Å². The molecule has 0 saturated heterocycles. The zero-order chi connectivity index (χ0) is 17.0. The molecule has 0 spiro atoms. The number of hydrogen-bond acceptors (Lipinski definition) is 4. The quantitative estimate of drug-likeness (QED) is 0.791. The van der Waals surface area contributed by atoms with Gasteiger partial charge in [0.2, 0.25) is 5.90 Å². The van der Waals surface area contributed by atoms with Crippen LogP contribution in [-0.4, -0.2) is 41.4 Å². The predicted octanol–water partition coefficient (Wildman–Crippen LogP) is 2.34. The third-order valence-corrected chi connectivity index (χ3v) is 4.21. The predicted molar refractivity (Wildman–Crippen MR) is 92.1 cm³/mol. The molecule has 2 rings (SSSR count). The maximum atomic E-state index is 11.9. The van der Waals surface area contributed by atoms with Gasteiger partial charge in [0.25, 0.3) is 5.91 Å². The molecule has 0 atom stereocenters. The number of amides is 1. The lowest BCUT2D eigenvalue weighted by Gasteiger charge is -2.18. The van der Waals surface area contributed by atoms with Gasteiger partial charge in [-0.1, -0.05) is 13.8 Å². The fourth-order valence-corrected chi connectivity index (χ4v) is 2.70. The van der Waals surface area contributed by atoms with Crippen LogP contribution in [0.3, 0.4) is 0 Å². The number of rotatable bonds is 6. The first-order valence-corrected chi connectivity index (χ1v) is 8.15. The molecule has 23 heavy (non-hydrogen) atoms. The highest BCUT2D eigenvalue weighted by Crippen LogP contribution is 2.23. The zero-order valence-electron chi connectivity index (χ0n) is 14.6. The molecule has 6 nitrogen and oxygen atoms in total. The van der Waals surface area contributed by atoms with Crippen LogP contribution in [0.4, 0.5) is 0 Å². The normalized spacial score (nSPS) is 16.2. The van der Waals surface area contributed by atoms with Gasteiger partial charge in [-0.25, -0.2) is 5.43 Å². The highest BCUT2D eigenvalue weighted by atomic mass is 16.5. The Morgan fingerprint density at radius 2 is 1.91 bits per heavy atom. The number of H-pyrrole nitrogens is 1. The van der Waals surface area contributed by atoms with Gasteiger partial charge in [-0.2, -0.15) is 0 Å². The van der Waals surface area contributed by atoms with Crippen LogP contribution in [0.25, 0.3) is 6.08 Å². The van der Waals surface area contributed by atoms with E-state index in [0.717, 1.165) is 36.6 Å². The van der Waals surface area contributed by atoms with Gasteiger partial charge in [0.05, 0.1) is 6.61 Å². The fourth-order valence-electron chi connectivity index (χ4n) is 2.70. The number of carbonyl (C=O) groups excluding carboxylic acids is 1. The Balaban J connectivity index is 2.32. The van der Waals surface area contributed by atoms with Crippen molar-refractivity contribution in [2.24, 2.45) is 5.10 Å². The van der Waals surface area contributed by atoms with Gasteiger partial charge >= 0.3 is 0 Å². The van der Waals surface area contributed by atoms with E-state index in [4.69, 9.17) is 4.74 Å². The molecule has 1 aliphatic rings. The smallest absolute Gasteiger partial charge is 0.277 e. The van der Waals surface area contributed by atoms with E-state index in [1.807, 2.05) is 13.0 Å². The Hall–Kier alpha value is -2.08. The zero-order valence-corrected chi connectivity index (χ0v) is 14.6. The van der Waals surface area contributed by atoms with Crippen molar-refractivity contribution in [3.63, 3.8) is 0 Å². The fraction of sp³-hybridized carbons (Fsp3) is 0.529. The van der Waals surface area contributed by atoms with Crippen LogP contribution < -0.4 is 5.43 Å². The molecule has 2 heterocycles. The van der Waals surface area contributed by atoms with Gasteiger partial charge < -0.3 is 9.72 Å². The summed E-state index contributed by atoms with van der Waals surface area (Å²) in [6.07, 6.45) is 1.82. The summed E-state index contributed by atoms with van der Waals surface area (Å²) in [4.78, 5) is 17.7. The number of aromatic nitrogens is 1. The third kappa shape index (κ3) is 3.64. The standard InChI is InChI=1S/C17H26N4O2/c1-6-21(7-2)10-14-11(4)15(18-12(14)5)9-13-16(22)19-20-17(13)23-8-3/h9,18H,6-8,10H2,1-5H3,(H,19,22). The summed E-state index contributed by atoms with van der Waals surface area (Å²) in [5.74, 6) is 0.125. The van der Waals surface area contributed by atoms with E-state index in [2.05, 4.69) is 48.1 Å². The molecule has 2 N–H and O–H groups in total. The van der Waals surface area contributed by atoms with Gasteiger partial charge in [-0.05, 0) is 51.1 Å². The molecule has 0 bridgehead atoms. The minimum Gasteiger partial charge on any atom is -0.476 e. The molecule has 1 aromatic rings. The molecule has 1 aromatic heterocycles. The summed E-state index contributed by atoms with van der Waals surface area (Å²) in [6.45, 7) is 13.8. The first kappa shape index (κ1) is 17.3. The van der Waals surface area contributed by atoms with Crippen molar-refractivity contribution in [2.45, 2.75) is 41.2 Å². The number of ether oxygens (including phenoxy) is 1. The molecule has 0 radical (unpaired) electrons. The first-order chi connectivity index (χ1) is 11.0. The van der Waals surface area contributed by atoms with Gasteiger partial charge in [0.15, 0.2) is 0 Å². The Labute approximate surface area is 137 Å². The Bertz CT molecular complexity index is 639. The molecule has 1 aliphatic heterocycles. The van der Waals surface area contributed by atoms with E-state index in [-0.39, 0.29) is 5.91 Å². The van der Waals surface area contributed by atoms with E-state index in [1.165, 1.54) is 5.56 Å². The molecule has 0 aliphatic carbocycles. The average Bonchev–Trinajstić information content (AvgIpc) is 3.00. The van der Waals surface area contributed by atoms with Crippen molar-refractivity contribution in [3.8, 4) is 0 Å². The average molecular weight is 318 g/mol. The second kappa shape index (κ2) is 7.46. The topological polar surface area (TPSA) is 69.7 Å². The molecule has 126 valence electrons. The van der Waals surface area contributed by atoms with Crippen molar-refractivity contribution in [3.05, 3.63) is 28.1 Å². The minimum atomic E-state index is -0.231. The molecular formula is C17H26N4O2. The SMILES string of the molecule is CCOC1=NNC(=O)C1=Cc1[nH]c(C)c(CN(CC)CC)c1C. The van der Waals surface area contributed by atoms with Gasteiger partial charge in [0.1, 0.15) is 5.57 Å². The second-order valence-corrected chi connectivity index (χ2v) is 5.58. The van der Waals surface area contributed by atoms with E-state index in [0.29, 0.717) is 18.1 Å². The molecule has 6 heteroatoms. The van der Waals surface area contributed by atoms with Crippen molar-refractivity contribution in [1.82, 2.24) is 15.3 Å². The second-order valence-electron chi connectivity index (χ2n) is 5.58. The third-order valence-electron chi connectivity index (χ3n) is 4.21. The number of hydrazone groups is 1. The molecule has 1 amide bonds. The molecule has 0 fully saturated rings. The number of hydrogen-bond donors (Lipinski definition) is 2. The van der Waals surface area contributed by atoms with Crippen molar-refractivity contribution >= 4 is 17.9 Å². The van der Waals surface area contributed by atoms with E-state index in [9.17, 15) is 4.79 Å². The molecule has 0 unspecified atom stereocenters. The summed E-state index contributed by atoms with van der Waals surface area (Å²) in [6, 6.07) is 0. The lowest BCUT2D eigenvalue weighted by molar-refractivity contribution is -0.116. The number of aryl methyl sites for hydroxylation is 1. The van der Waals surface area contributed by atoms with Crippen molar-refractivity contribution in [2.75, 3.05) is 19.7 Å². The summed E-state index contributed by atoms with van der Waals surface area (Å²) < 4.78 is 5.41. The Morgan fingerprint density at radius 3 is 2.52 bits per heavy atom. The molecular weight excluding hydrogens is 292 g/mol. The van der Waals surface area contributed by atoms with Crippen LogP contribution in [0.1, 0.15) is 43.3 Å². The largest absolute Gasteiger partial charge is 0.476 e. The van der Waals surface area contributed by atoms with Crippen LogP contribution in [0.15, 0.2) is 10.7 Å². The van der Waals surface area contributed by atoms with E-state index in [1.54, 1.807) is 0 Å². The van der Waals surface area contributed by atoms with E-state index < -0.39 is 0 Å². The van der Waals surface area contributed by atoms with Crippen LogP contribution >= 0.6 is 0 Å². The van der Waals surface area contributed by atoms with Gasteiger partial charge in [-0.15, -0.1) is 5.10 Å². The number of nitrogens with one attached hydrogen (secondary N) is 2. The van der Waals surface area contributed by atoms with E-state index >= 15 is 0 Å². The number of aromatic amines is 1. The Kier molecular flexibility index (Phi) is 5.60. The number of nitrogens with zero attached hydrogens (tertiary/aromatic N) is 2. The molecule has 0 aromatic carbocycles. The van der Waals surface area contributed by atoms with Crippen LogP contribution in [0.2, 0.25) is 0 Å². The van der Waals surface area contributed by atoms with Gasteiger partial charge in [0, 0.05) is 17.9 Å². The monoisotopic (exact) mass is 318 g/mol. The Morgan fingerprint density at radius 1 is 1.22 bits per heavy atom. The summed E-state index contributed by atoms with van der Waals surface area (Å²) >= 11 is 0. The van der Waals surface area contributed by atoms with Crippen LogP contribution in [0.5, 0.6) is 0 Å². The first-order valence-electron chi connectivity index (χ1n) is 8.15. The van der Waals surface area contributed by atoms with Crippen molar-refractivity contribution in [1.29, 1.82) is 0 Å². The maximum absolute atomic E-state index is 11.9. The maximum Gasteiger partial charge on any atom is 0.277 e. The summed E-state index contributed by atoms with van der Waals surface area (Å²) in [5.41, 5.74) is 7.43.